The van der Waals surface area contributed by atoms with Crippen LogP contribution in [0.5, 0.6) is 0 Å². The van der Waals surface area contributed by atoms with Gasteiger partial charge >= 0.3 is 5.97 Å². The van der Waals surface area contributed by atoms with Gasteiger partial charge in [0, 0.05) is 13.1 Å². The van der Waals surface area contributed by atoms with Crippen LogP contribution >= 0.6 is 15.9 Å². The van der Waals surface area contributed by atoms with E-state index >= 15 is 0 Å². The van der Waals surface area contributed by atoms with Crippen LogP contribution in [-0.2, 0) is 9.59 Å². The molecule has 0 aromatic heterocycles. The quantitative estimate of drug-likeness (QED) is 0.601. The minimum absolute atomic E-state index is 0.163. The fourth-order valence-electron chi connectivity index (χ4n) is 1.84. The highest BCUT2D eigenvalue weighted by molar-refractivity contribution is 9.10. The first-order chi connectivity index (χ1) is 7.32. The summed E-state index contributed by atoms with van der Waals surface area (Å²) in [7, 11) is 0. The summed E-state index contributed by atoms with van der Waals surface area (Å²) < 4.78 is 0. The first kappa shape index (κ1) is 13.4. The number of hydrogen-bond acceptors (Lipinski definition) is 3. The van der Waals surface area contributed by atoms with Crippen molar-refractivity contribution < 1.29 is 14.7 Å². The number of carbonyl (C=O) groups excluding carboxylic acids is 1. The maximum absolute atomic E-state index is 11.5. The van der Waals surface area contributed by atoms with E-state index in [4.69, 9.17) is 5.11 Å². The summed E-state index contributed by atoms with van der Waals surface area (Å²) in [6.07, 6.45) is 2.13. The van der Waals surface area contributed by atoms with Gasteiger partial charge in [-0.2, -0.15) is 0 Å². The number of halogens is 1. The number of piperidine rings is 1. The van der Waals surface area contributed by atoms with Gasteiger partial charge < -0.3 is 5.11 Å². The Kier molecular flexibility index (Phi) is 4.32. The van der Waals surface area contributed by atoms with E-state index in [0.29, 0.717) is 0 Å². The van der Waals surface area contributed by atoms with Crippen molar-refractivity contribution >= 4 is 27.8 Å². The normalized spacial score (nSPS) is 22.4. The average Bonchev–Trinajstić information content (AvgIpc) is 2.14. The molecular weight excluding hydrogens is 276 g/mol. The smallest absolute Gasteiger partial charge is 0.327 e. The zero-order chi connectivity index (χ0) is 12.3. The van der Waals surface area contributed by atoms with Crippen molar-refractivity contribution in [2.45, 2.75) is 31.5 Å². The van der Waals surface area contributed by atoms with Gasteiger partial charge in [-0.25, -0.2) is 5.01 Å². The highest BCUT2D eigenvalue weighted by Crippen LogP contribution is 2.27. The second-order valence-corrected chi connectivity index (χ2v) is 5.78. The molecule has 1 rings (SSSR count). The monoisotopic (exact) mass is 292 g/mol. The van der Waals surface area contributed by atoms with Crippen molar-refractivity contribution in [3.8, 4) is 0 Å². The van der Waals surface area contributed by atoms with Crippen LogP contribution in [0.15, 0.2) is 0 Å². The number of hydrogen-bond donors (Lipinski definition) is 2. The summed E-state index contributed by atoms with van der Waals surface area (Å²) in [6.45, 7) is 5.79. The van der Waals surface area contributed by atoms with Crippen LogP contribution in [0.1, 0.15) is 26.7 Å². The molecule has 1 aliphatic rings. The van der Waals surface area contributed by atoms with Gasteiger partial charge in [0.2, 0.25) is 0 Å². The Morgan fingerprint density at radius 1 is 1.50 bits per heavy atom. The first-order valence-electron chi connectivity index (χ1n) is 5.24. The van der Waals surface area contributed by atoms with Gasteiger partial charge in [0.15, 0.2) is 4.83 Å². The number of rotatable bonds is 3. The SMILES string of the molecule is CC1(C)CCCN(NC(=O)C(Br)C(=O)O)C1. The molecule has 0 spiro atoms. The molecule has 92 valence electrons. The Morgan fingerprint density at radius 2 is 2.12 bits per heavy atom. The second kappa shape index (κ2) is 5.14. The summed E-state index contributed by atoms with van der Waals surface area (Å²) in [5.74, 6) is -1.70. The Hall–Kier alpha value is -0.620. The maximum Gasteiger partial charge on any atom is 0.327 e. The van der Waals surface area contributed by atoms with Gasteiger partial charge in [0.25, 0.3) is 5.91 Å². The number of amides is 1. The number of carboxylic acid groups (broad SMARTS) is 1. The van der Waals surface area contributed by atoms with Crippen LogP contribution in [0.2, 0.25) is 0 Å². The molecule has 1 unspecified atom stereocenters. The topological polar surface area (TPSA) is 69.6 Å². The molecule has 0 aromatic rings. The molecule has 1 amide bonds. The zero-order valence-electron chi connectivity index (χ0n) is 9.49. The first-order valence-corrected chi connectivity index (χ1v) is 6.16. The summed E-state index contributed by atoms with van der Waals surface area (Å²) in [5, 5.41) is 10.5. The van der Waals surface area contributed by atoms with Gasteiger partial charge in [0.1, 0.15) is 0 Å². The minimum atomic E-state index is -1.18. The predicted molar refractivity (Wildman–Crippen MR) is 63.1 cm³/mol. The molecule has 5 nitrogen and oxygen atoms in total. The lowest BCUT2D eigenvalue weighted by molar-refractivity contribution is -0.141. The van der Waals surface area contributed by atoms with Crippen molar-refractivity contribution in [2.75, 3.05) is 13.1 Å². The van der Waals surface area contributed by atoms with Gasteiger partial charge in [-0.15, -0.1) is 0 Å². The third-order valence-electron chi connectivity index (χ3n) is 2.62. The van der Waals surface area contributed by atoms with E-state index in [9.17, 15) is 9.59 Å². The van der Waals surface area contributed by atoms with E-state index in [2.05, 4.69) is 35.2 Å². The second-order valence-electron chi connectivity index (χ2n) is 4.87. The molecule has 1 saturated heterocycles. The van der Waals surface area contributed by atoms with Crippen molar-refractivity contribution in [3.05, 3.63) is 0 Å². The van der Waals surface area contributed by atoms with Crippen LogP contribution in [0.4, 0.5) is 0 Å². The van der Waals surface area contributed by atoms with Crippen LogP contribution in [-0.4, -0.2) is 39.9 Å². The Morgan fingerprint density at radius 3 is 2.62 bits per heavy atom. The Bertz CT molecular complexity index is 294. The molecule has 0 saturated carbocycles. The largest absolute Gasteiger partial charge is 0.480 e. The number of alkyl halides is 1. The van der Waals surface area contributed by atoms with E-state index in [1.165, 1.54) is 0 Å². The number of carboxylic acids is 1. The minimum Gasteiger partial charge on any atom is -0.480 e. The molecule has 0 bridgehead atoms. The van der Waals surface area contributed by atoms with Crippen molar-refractivity contribution in [1.82, 2.24) is 10.4 Å². The lowest BCUT2D eigenvalue weighted by atomic mass is 9.85. The molecule has 1 aliphatic heterocycles. The standard InChI is InChI=1S/C10H17BrN2O3/c1-10(2)4-3-5-13(6-10)12-8(14)7(11)9(15)16/h7H,3-6H2,1-2H3,(H,12,14)(H,15,16). The predicted octanol–water partition coefficient (Wildman–Crippen LogP) is 0.988. The van der Waals surface area contributed by atoms with E-state index in [1.807, 2.05) is 0 Å². The van der Waals surface area contributed by atoms with Gasteiger partial charge in [-0.3, -0.25) is 15.0 Å². The number of carbonyl (C=O) groups is 2. The van der Waals surface area contributed by atoms with E-state index in [-0.39, 0.29) is 5.41 Å². The van der Waals surface area contributed by atoms with Crippen molar-refractivity contribution in [1.29, 1.82) is 0 Å². The Balaban J connectivity index is 2.48. The van der Waals surface area contributed by atoms with E-state index in [0.717, 1.165) is 25.9 Å². The van der Waals surface area contributed by atoms with E-state index in [1.54, 1.807) is 5.01 Å². The van der Waals surface area contributed by atoms with Gasteiger partial charge in [0.05, 0.1) is 0 Å². The summed E-state index contributed by atoms with van der Waals surface area (Å²) in [4.78, 5) is 20.9. The average molecular weight is 293 g/mol. The summed E-state index contributed by atoms with van der Waals surface area (Å²) >= 11 is 2.82. The fourth-order valence-corrected chi connectivity index (χ4v) is 1.95. The van der Waals surface area contributed by atoms with Crippen LogP contribution in [0.25, 0.3) is 0 Å². The van der Waals surface area contributed by atoms with Crippen LogP contribution < -0.4 is 5.43 Å². The molecule has 1 atom stereocenters. The van der Waals surface area contributed by atoms with E-state index < -0.39 is 16.7 Å². The van der Waals surface area contributed by atoms with Gasteiger partial charge in [-0.1, -0.05) is 29.8 Å². The molecule has 6 heteroatoms. The third-order valence-corrected chi connectivity index (χ3v) is 3.42. The molecular formula is C10H17BrN2O3. The summed E-state index contributed by atoms with van der Waals surface area (Å²) in [5.41, 5.74) is 2.79. The van der Waals surface area contributed by atoms with Crippen LogP contribution in [0.3, 0.4) is 0 Å². The third kappa shape index (κ3) is 3.75. The maximum atomic E-state index is 11.5. The van der Waals surface area contributed by atoms with Crippen molar-refractivity contribution in [2.24, 2.45) is 5.41 Å². The number of nitrogens with zero attached hydrogens (tertiary/aromatic N) is 1. The fraction of sp³-hybridized carbons (Fsp3) is 0.800. The highest BCUT2D eigenvalue weighted by atomic mass is 79.9. The number of hydrazine groups is 1. The molecule has 0 aliphatic carbocycles. The number of nitrogens with one attached hydrogen (secondary N) is 1. The van der Waals surface area contributed by atoms with Gasteiger partial charge in [-0.05, 0) is 18.3 Å². The van der Waals surface area contributed by atoms with Crippen molar-refractivity contribution in [3.63, 3.8) is 0 Å². The Labute approximate surface area is 103 Å². The zero-order valence-corrected chi connectivity index (χ0v) is 11.1. The molecule has 16 heavy (non-hydrogen) atoms. The molecule has 0 radical (unpaired) electrons. The molecule has 1 heterocycles. The molecule has 1 fully saturated rings. The lowest BCUT2D eigenvalue weighted by Gasteiger charge is -2.38. The molecule has 0 aromatic carbocycles. The number of aliphatic carboxylic acids is 1. The van der Waals surface area contributed by atoms with Crippen LogP contribution in [0, 0.1) is 5.41 Å². The summed E-state index contributed by atoms with van der Waals surface area (Å²) in [6, 6.07) is 0. The lowest BCUT2D eigenvalue weighted by Crippen LogP contribution is -2.52. The molecule has 2 N–H and O–H groups in total. The highest BCUT2D eigenvalue weighted by Gasteiger charge is 2.30.